The fourth-order valence-corrected chi connectivity index (χ4v) is 3.27. The lowest BCUT2D eigenvalue weighted by atomic mass is 9.97. The molecule has 2 aliphatic heterocycles. The molecular formula is C14H26O10S2. The van der Waals surface area contributed by atoms with E-state index in [0.29, 0.717) is 5.75 Å². The van der Waals surface area contributed by atoms with Crippen molar-refractivity contribution in [3.05, 3.63) is 0 Å². The second-order valence-corrected chi connectivity index (χ2v) is 6.91. The average molecular weight is 418 g/mol. The lowest BCUT2D eigenvalue weighted by molar-refractivity contribution is -0.355. The molecule has 0 bridgehead atoms. The van der Waals surface area contributed by atoms with Crippen LogP contribution in [0.3, 0.4) is 0 Å². The third-order valence-corrected chi connectivity index (χ3v) is 4.88. The van der Waals surface area contributed by atoms with Crippen LogP contribution < -0.4 is 0 Å². The van der Waals surface area contributed by atoms with E-state index in [1.807, 2.05) is 0 Å². The molecule has 6 N–H and O–H groups in total. The standard InChI is InChI=1S/C14H26O10S2/c15-3-5-12(9(18)11(20)13(22-5)21-1-2-25)24-14-10(19)8(17)7(16)6(4-26)23-14/h5-20,25-26H,1-4H2/t5-,6-,7-,8+,9-,10-,11-,12-,13-,14+/m1/s1. The lowest BCUT2D eigenvalue weighted by Gasteiger charge is -2.46. The van der Waals surface area contributed by atoms with E-state index < -0.39 is 68.0 Å². The van der Waals surface area contributed by atoms with Crippen molar-refractivity contribution in [2.45, 2.75) is 61.4 Å². The molecule has 2 heterocycles. The maximum Gasteiger partial charge on any atom is 0.187 e. The van der Waals surface area contributed by atoms with Gasteiger partial charge in [0.1, 0.15) is 42.7 Å². The maximum atomic E-state index is 10.3. The highest BCUT2D eigenvalue weighted by molar-refractivity contribution is 7.80. The predicted molar refractivity (Wildman–Crippen MR) is 93.0 cm³/mol. The van der Waals surface area contributed by atoms with Crippen LogP contribution in [0.15, 0.2) is 0 Å². The molecule has 2 rings (SSSR count). The SMILES string of the molecule is OC[C@H]1O[C@@H](OCCS)[C@H](O)[C@@H](O)[C@@H]1O[C@@H]1O[C@H](CS)[C@@H](O)[C@H](O)[C@H]1O. The zero-order valence-electron chi connectivity index (χ0n) is 13.8. The van der Waals surface area contributed by atoms with Crippen molar-refractivity contribution in [1.29, 1.82) is 0 Å². The molecule has 0 aromatic heterocycles. The van der Waals surface area contributed by atoms with Crippen LogP contribution in [0.1, 0.15) is 0 Å². The minimum atomic E-state index is -1.62. The third-order valence-electron chi connectivity index (χ3n) is 4.33. The van der Waals surface area contributed by atoms with Crippen LogP contribution in [-0.2, 0) is 18.9 Å². The Morgan fingerprint density at radius 1 is 0.769 bits per heavy atom. The monoisotopic (exact) mass is 418 g/mol. The number of ether oxygens (including phenoxy) is 4. The van der Waals surface area contributed by atoms with Gasteiger partial charge in [0.2, 0.25) is 0 Å². The fourth-order valence-electron chi connectivity index (χ4n) is 2.86. The highest BCUT2D eigenvalue weighted by atomic mass is 32.1. The number of aliphatic hydroxyl groups excluding tert-OH is 6. The summed E-state index contributed by atoms with van der Waals surface area (Å²) in [4.78, 5) is 0. The van der Waals surface area contributed by atoms with Crippen molar-refractivity contribution in [3.63, 3.8) is 0 Å². The minimum Gasteiger partial charge on any atom is -0.394 e. The number of thiol groups is 2. The quantitative estimate of drug-likeness (QED) is 0.195. The second-order valence-electron chi connectivity index (χ2n) is 6.10. The fraction of sp³-hybridized carbons (Fsp3) is 1.00. The predicted octanol–water partition coefficient (Wildman–Crippen LogP) is -3.51. The van der Waals surface area contributed by atoms with Gasteiger partial charge in [0.05, 0.1) is 19.3 Å². The van der Waals surface area contributed by atoms with Gasteiger partial charge in [-0.25, -0.2) is 0 Å². The summed E-state index contributed by atoms with van der Waals surface area (Å²) in [6.07, 6.45) is -13.5. The van der Waals surface area contributed by atoms with Crippen molar-refractivity contribution < 1.29 is 49.6 Å². The zero-order valence-corrected chi connectivity index (χ0v) is 15.6. The maximum absolute atomic E-state index is 10.3. The molecule has 0 aliphatic carbocycles. The molecule has 10 atom stereocenters. The topological polar surface area (TPSA) is 158 Å². The molecule has 12 heteroatoms. The molecular weight excluding hydrogens is 392 g/mol. The van der Waals surface area contributed by atoms with Gasteiger partial charge in [-0.3, -0.25) is 0 Å². The van der Waals surface area contributed by atoms with E-state index in [9.17, 15) is 30.6 Å². The first-order valence-corrected chi connectivity index (χ1v) is 9.43. The van der Waals surface area contributed by atoms with Gasteiger partial charge < -0.3 is 49.6 Å². The summed E-state index contributed by atoms with van der Waals surface area (Å²) in [6, 6.07) is 0. The number of rotatable bonds is 7. The van der Waals surface area contributed by atoms with Gasteiger partial charge in [-0.2, -0.15) is 25.3 Å². The molecule has 0 aromatic carbocycles. The Morgan fingerprint density at radius 3 is 1.96 bits per heavy atom. The van der Waals surface area contributed by atoms with Crippen LogP contribution in [0.2, 0.25) is 0 Å². The minimum absolute atomic E-state index is 0.0419. The van der Waals surface area contributed by atoms with E-state index in [1.54, 1.807) is 0 Å². The van der Waals surface area contributed by atoms with Crippen molar-refractivity contribution in [1.82, 2.24) is 0 Å². The molecule has 10 nitrogen and oxygen atoms in total. The Balaban J connectivity index is 2.09. The van der Waals surface area contributed by atoms with Gasteiger partial charge in [-0.1, -0.05) is 0 Å². The average Bonchev–Trinajstić information content (AvgIpc) is 2.64. The van der Waals surface area contributed by atoms with Crippen LogP contribution in [-0.4, -0.2) is 117 Å². The van der Waals surface area contributed by atoms with Gasteiger partial charge >= 0.3 is 0 Å². The molecule has 2 aliphatic rings. The van der Waals surface area contributed by atoms with Gasteiger partial charge in [-0.15, -0.1) is 0 Å². The van der Waals surface area contributed by atoms with Gasteiger partial charge in [0.15, 0.2) is 12.6 Å². The molecule has 2 fully saturated rings. The van der Waals surface area contributed by atoms with E-state index in [4.69, 9.17) is 18.9 Å². The van der Waals surface area contributed by atoms with E-state index in [2.05, 4.69) is 25.3 Å². The first-order valence-electron chi connectivity index (χ1n) is 8.16. The molecule has 2 saturated heterocycles. The Labute approximate surface area is 161 Å². The molecule has 26 heavy (non-hydrogen) atoms. The van der Waals surface area contributed by atoms with E-state index >= 15 is 0 Å². The van der Waals surface area contributed by atoms with E-state index in [1.165, 1.54) is 0 Å². The Hall–Kier alpha value is 0.300. The lowest BCUT2D eigenvalue weighted by Crippen LogP contribution is -2.64. The summed E-state index contributed by atoms with van der Waals surface area (Å²) in [6.45, 7) is -0.418. The Kier molecular flexibility index (Phi) is 8.85. The smallest absolute Gasteiger partial charge is 0.187 e. The Bertz CT molecular complexity index is 429. The van der Waals surface area contributed by atoms with Crippen LogP contribution in [0.5, 0.6) is 0 Å². The molecule has 0 radical (unpaired) electrons. The van der Waals surface area contributed by atoms with Crippen molar-refractivity contribution >= 4 is 25.3 Å². The number of hydrogen-bond donors (Lipinski definition) is 8. The van der Waals surface area contributed by atoms with Crippen molar-refractivity contribution in [2.75, 3.05) is 24.7 Å². The zero-order chi connectivity index (χ0) is 19.4. The molecule has 0 amide bonds. The molecule has 0 spiro atoms. The highest BCUT2D eigenvalue weighted by Gasteiger charge is 2.50. The summed E-state index contributed by atoms with van der Waals surface area (Å²) in [5.41, 5.74) is 0. The van der Waals surface area contributed by atoms with Crippen molar-refractivity contribution in [2.24, 2.45) is 0 Å². The summed E-state index contributed by atoms with van der Waals surface area (Å²) in [5, 5.41) is 59.8. The summed E-state index contributed by atoms with van der Waals surface area (Å²) in [7, 11) is 0. The highest BCUT2D eigenvalue weighted by Crippen LogP contribution is 2.29. The van der Waals surface area contributed by atoms with E-state index in [0.717, 1.165) is 0 Å². The summed E-state index contributed by atoms with van der Waals surface area (Å²) < 4.78 is 21.5. The molecule has 0 unspecified atom stereocenters. The second kappa shape index (κ2) is 10.2. The molecule has 0 saturated carbocycles. The third kappa shape index (κ3) is 4.82. The number of hydrogen-bond acceptors (Lipinski definition) is 12. The van der Waals surface area contributed by atoms with Crippen LogP contribution in [0.25, 0.3) is 0 Å². The number of aliphatic hydroxyl groups is 6. The van der Waals surface area contributed by atoms with Crippen LogP contribution in [0.4, 0.5) is 0 Å². The van der Waals surface area contributed by atoms with E-state index in [-0.39, 0.29) is 12.4 Å². The molecule has 154 valence electrons. The van der Waals surface area contributed by atoms with Crippen LogP contribution in [0, 0.1) is 0 Å². The first-order chi connectivity index (χ1) is 12.3. The van der Waals surface area contributed by atoms with Gasteiger partial charge in [-0.05, 0) is 0 Å². The largest absolute Gasteiger partial charge is 0.394 e. The Morgan fingerprint density at radius 2 is 1.38 bits per heavy atom. The summed E-state index contributed by atoms with van der Waals surface area (Å²) in [5.74, 6) is 0.403. The van der Waals surface area contributed by atoms with Crippen molar-refractivity contribution in [3.8, 4) is 0 Å². The normalized spacial score (nSPS) is 47.1. The molecule has 0 aromatic rings. The summed E-state index contributed by atoms with van der Waals surface area (Å²) >= 11 is 7.97. The van der Waals surface area contributed by atoms with Gasteiger partial charge in [0, 0.05) is 11.5 Å². The van der Waals surface area contributed by atoms with Gasteiger partial charge in [0.25, 0.3) is 0 Å². The van der Waals surface area contributed by atoms with Crippen LogP contribution >= 0.6 is 25.3 Å². The first kappa shape index (κ1) is 22.6.